The molecule has 2 fully saturated rings. The number of hydrogen-bond donors (Lipinski definition) is 2. The molecule has 0 atom stereocenters. The standard InChI is InChI=1S/C26H28N6O2S/c27-24(34)26(31-12-4-1-5-13-31)10-14-30(15-11-26)23(33)17-8-9-18-20(16-17)29-25(35)32-21-7-3-2-6-19(21)28-22(18)32/h2-3,6-9,16H,1,4-5,10-15H2,(H2,27,34)(H,29,35). The first kappa shape index (κ1) is 22.2. The fourth-order valence-corrected chi connectivity index (χ4v) is 6.16. The van der Waals surface area contributed by atoms with Crippen molar-refractivity contribution in [2.24, 2.45) is 5.73 Å². The lowest BCUT2D eigenvalue weighted by Crippen LogP contribution is -2.63. The molecule has 0 spiro atoms. The van der Waals surface area contributed by atoms with E-state index in [-0.39, 0.29) is 11.8 Å². The number of aromatic nitrogens is 3. The summed E-state index contributed by atoms with van der Waals surface area (Å²) in [6.07, 6.45) is 4.53. The summed E-state index contributed by atoms with van der Waals surface area (Å²) in [4.78, 5) is 38.1. The Bertz CT molecular complexity index is 1530. The van der Waals surface area contributed by atoms with E-state index in [9.17, 15) is 9.59 Å². The van der Waals surface area contributed by atoms with Crippen molar-refractivity contribution in [3.63, 3.8) is 0 Å². The Morgan fingerprint density at radius 1 is 1.00 bits per heavy atom. The Morgan fingerprint density at radius 2 is 1.74 bits per heavy atom. The minimum atomic E-state index is -0.639. The number of nitrogens with zero attached hydrogens (tertiary/aromatic N) is 4. The summed E-state index contributed by atoms with van der Waals surface area (Å²) in [6, 6.07) is 13.5. The third-order valence-corrected chi connectivity index (χ3v) is 8.10. The Hall–Kier alpha value is -3.30. The Labute approximate surface area is 207 Å². The minimum absolute atomic E-state index is 0.0451. The second-order valence-corrected chi connectivity index (χ2v) is 10.1. The van der Waals surface area contributed by atoms with E-state index in [0.717, 1.165) is 53.5 Å². The van der Waals surface area contributed by atoms with Gasteiger partial charge in [0.05, 0.1) is 16.6 Å². The lowest BCUT2D eigenvalue weighted by molar-refractivity contribution is -0.134. The van der Waals surface area contributed by atoms with Gasteiger partial charge in [-0.05, 0) is 81.3 Å². The SMILES string of the molecule is NC(=O)C1(N2CCCCC2)CCN(C(=O)c2ccc3c(c2)[nH]c(=S)n2c4ccccc4nc32)CC1. The number of nitrogens with two attached hydrogens (primary N) is 1. The van der Waals surface area contributed by atoms with Gasteiger partial charge in [-0.2, -0.15) is 0 Å². The summed E-state index contributed by atoms with van der Waals surface area (Å²) in [7, 11) is 0. The summed E-state index contributed by atoms with van der Waals surface area (Å²) < 4.78 is 2.47. The highest BCUT2D eigenvalue weighted by Gasteiger charge is 2.45. The van der Waals surface area contributed by atoms with Crippen LogP contribution in [-0.4, -0.2) is 67.7 Å². The summed E-state index contributed by atoms with van der Waals surface area (Å²) in [5, 5.41) is 0.905. The van der Waals surface area contributed by atoms with Gasteiger partial charge >= 0.3 is 0 Å². The quantitative estimate of drug-likeness (QED) is 0.429. The van der Waals surface area contributed by atoms with E-state index in [0.29, 0.717) is 36.3 Å². The predicted molar refractivity (Wildman–Crippen MR) is 138 cm³/mol. The lowest BCUT2D eigenvalue weighted by atomic mass is 9.83. The average molecular weight is 489 g/mol. The number of para-hydroxylation sites is 2. The van der Waals surface area contributed by atoms with Crippen LogP contribution in [0.15, 0.2) is 42.5 Å². The van der Waals surface area contributed by atoms with E-state index in [1.54, 1.807) is 0 Å². The van der Waals surface area contributed by atoms with E-state index in [2.05, 4.69) is 9.88 Å². The van der Waals surface area contributed by atoms with E-state index in [4.69, 9.17) is 22.9 Å². The molecule has 0 saturated carbocycles. The highest BCUT2D eigenvalue weighted by Crippen LogP contribution is 2.32. The first-order valence-corrected chi connectivity index (χ1v) is 12.7. The van der Waals surface area contributed by atoms with Crippen LogP contribution in [0.25, 0.3) is 27.6 Å². The van der Waals surface area contributed by atoms with Crippen molar-refractivity contribution in [3.8, 4) is 0 Å². The zero-order valence-electron chi connectivity index (χ0n) is 19.5. The molecule has 3 N–H and O–H groups in total. The van der Waals surface area contributed by atoms with Crippen LogP contribution in [0.4, 0.5) is 0 Å². The molecule has 35 heavy (non-hydrogen) atoms. The van der Waals surface area contributed by atoms with Crippen molar-refractivity contribution in [1.29, 1.82) is 0 Å². The number of piperidine rings is 2. The number of imidazole rings is 1. The maximum atomic E-state index is 13.4. The van der Waals surface area contributed by atoms with Crippen molar-refractivity contribution in [1.82, 2.24) is 24.2 Å². The van der Waals surface area contributed by atoms with Crippen molar-refractivity contribution >= 4 is 51.6 Å². The molecule has 2 aromatic heterocycles. The van der Waals surface area contributed by atoms with Crippen molar-refractivity contribution in [2.45, 2.75) is 37.6 Å². The number of benzene rings is 2. The highest BCUT2D eigenvalue weighted by molar-refractivity contribution is 7.71. The molecule has 0 aliphatic carbocycles. The van der Waals surface area contributed by atoms with E-state index >= 15 is 0 Å². The molecule has 9 heteroatoms. The zero-order chi connectivity index (χ0) is 24.2. The Balaban J connectivity index is 1.29. The lowest BCUT2D eigenvalue weighted by Gasteiger charge is -2.48. The maximum Gasteiger partial charge on any atom is 0.253 e. The zero-order valence-corrected chi connectivity index (χ0v) is 20.3. The smallest absolute Gasteiger partial charge is 0.253 e. The van der Waals surface area contributed by atoms with Crippen LogP contribution in [0.2, 0.25) is 0 Å². The summed E-state index contributed by atoms with van der Waals surface area (Å²) in [5.41, 5.74) is 9.24. The monoisotopic (exact) mass is 488 g/mol. The van der Waals surface area contributed by atoms with E-state index in [1.807, 2.05) is 51.8 Å². The Morgan fingerprint density at radius 3 is 2.49 bits per heavy atom. The number of likely N-dealkylation sites (tertiary alicyclic amines) is 2. The van der Waals surface area contributed by atoms with Crippen LogP contribution >= 0.6 is 12.2 Å². The van der Waals surface area contributed by atoms with Gasteiger partial charge in [0, 0.05) is 24.0 Å². The van der Waals surface area contributed by atoms with Crippen LogP contribution in [0.3, 0.4) is 0 Å². The van der Waals surface area contributed by atoms with Gasteiger partial charge in [-0.25, -0.2) is 4.98 Å². The number of carbonyl (C=O) groups is 2. The van der Waals surface area contributed by atoms with Gasteiger partial charge in [0.1, 0.15) is 11.2 Å². The molecule has 2 saturated heterocycles. The predicted octanol–water partition coefficient (Wildman–Crippen LogP) is 3.64. The number of amides is 2. The van der Waals surface area contributed by atoms with Crippen LogP contribution in [0, 0.1) is 4.77 Å². The fraction of sp³-hybridized carbons (Fsp3) is 0.385. The number of rotatable bonds is 3. The number of H-pyrrole nitrogens is 1. The molecule has 2 aliphatic heterocycles. The van der Waals surface area contributed by atoms with Crippen molar-refractivity contribution < 1.29 is 9.59 Å². The van der Waals surface area contributed by atoms with Gasteiger partial charge in [0.25, 0.3) is 5.91 Å². The second kappa shape index (κ2) is 8.42. The fourth-order valence-electron chi connectivity index (χ4n) is 5.86. The minimum Gasteiger partial charge on any atom is -0.368 e. The molecule has 0 bridgehead atoms. The molecule has 4 heterocycles. The van der Waals surface area contributed by atoms with Crippen molar-refractivity contribution in [2.75, 3.05) is 26.2 Å². The number of aromatic amines is 1. The molecule has 0 radical (unpaired) electrons. The molecule has 2 aromatic carbocycles. The van der Waals surface area contributed by atoms with Crippen LogP contribution in [-0.2, 0) is 4.79 Å². The molecule has 2 aliphatic rings. The molecule has 0 unspecified atom stereocenters. The summed E-state index contributed by atoms with van der Waals surface area (Å²) in [5.74, 6) is -0.308. The molecule has 6 rings (SSSR count). The number of nitrogens with one attached hydrogen (secondary N) is 1. The first-order valence-electron chi connectivity index (χ1n) is 12.3. The number of primary amides is 1. The normalized spacial score (nSPS) is 18.9. The highest BCUT2D eigenvalue weighted by atomic mass is 32.1. The molecular weight excluding hydrogens is 460 g/mol. The van der Waals surface area contributed by atoms with Crippen molar-refractivity contribution in [3.05, 3.63) is 52.8 Å². The molecule has 4 aromatic rings. The third kappa shape index (κ3) is 3.52. The average Bonchev–Trinajstić information content (AvgIpc) is 3.29. The first-order chi connectivity index (χ1) is 17.0. The van der Waals surface area contributed by atoms with Crippen LogP contribution < -0.4 is 5.73 Å². The summed E-state index contributed by atoms with van der Waals surface area (Å²) >= 11 is 5.63. The van der Waals surface area contributed by atoms with E-state index in [1.165, 1.54) is 6.42 Å². The molecular formula is C26H28N6O2S. The van der Waals surface area contributed by atoms with Gasteiger partial charge < -0.3 is 15.6 Å². The largest absolute Gasteiger partial charge is 0.368 e. The van der Waals surface area contributed by atoms with E-state index < -0.39 is 5.54 Å². The number of hydrogen-bond acceptors (Lipinski definition) is 5. The molecule has 8 nitrogen and oxygen atoms in total. The third-order valence-electron chi connectivity index (χ3n) is 7.81. The second-order valence-electron chi connectivity index (χ2n) is 9.69. The van der Waals surface area contributed by atoms with Gasteiger partial charge in [0.2, 0.25) is 5.91 Å². The van der Waals surface area contributed by atoms with Gasteiger partial charge in [-0.3, -0.25) is 18.9 Å². The van der Waals surface area contributed by atoms with Gasteiger partial charge in [0.15, 0.2) is 4.77 Å². The van der Waals surface area contributed by atoms with Crippen LogP contribution in [0.1, 0.15) is 42.5 Å². The number of fused-ring (bicyclic) bond motifs is 5. The van der Waals surface area contributed by atoms with Gasteiger partial charge in [-0.15, -0.1) is 0 Å². The topological polar surface area (TPSA) is 99.7 Å². The molecule has 180 valence electrons. The van der Waals surface area contributed by atoms with Gasteiger partial charge in [-0.1, -0.05) is 18.6 Å². The number of carbonyl (C=O) groups excluding carboxylic acids is 2. The Kier molecular flexibility index (Phi) is 5.34. The summed E-state index contributed by atoms with van der Waals surface area (Å²) in [6.45, 7) is 2.82. The van der Waals surface area contributed by atoms with Crippen LogP contribution in [0.5, 0.6) is 0 Å². The molecule has 2 amide bonds. The maximum absolute atomic E-state index is 13.4.